The van der Waals surface area contributed by atoms with Gasteiger partial charge in [0.05, 0.1) is 4.47 Å². The Kier molecular flexibility index (Phi) is 5.50. The van der Waals surface area contributed by atoms with Gasteiger partial charge in [-0.1, -0.05) is 24.3 Å². The molecule has 1 aliphatic rings. The van der Waals surface area contributed by atoms with E-state index in [0.717, 1.165) is 27.3 Å². The van der Waals surface area contributed by atoms with Gasteiger partial charge in [0.1, 0.15) is 5.82 Å². The Labute approximate surface area is 156 Å². The molecule has 4 N–H and O–H groups in total. The average molecular weight is 400 g/mol. The molecule has 1 fully saturated rings. The average Bonchev–Trinajstić information content (AvgIpc) is 3.43. The number of nitrogens with two attached hydrogens (primary N) is 1. The molecule has 0 aliphatic heterocycles. The fraction of sp³-hybridized carbons (Fsp3) is 0.263. The predicted octanol–water partition coefficient (Wildman–Crippen LogP) is 4.72. The second-order valence-electron chi connectivity index (χ2n) is 6.23. The minimum atomic E-state index is 0.516. The van der Waals surface area contributed by atoms with E-state index >= 15 is 0 Å². The Bertz CT molecular complexity index is 794. The van der Waals surface area contributed by atoms with Gasteiger partial charge in [0.25, 0.3) is 0 Å². The highest BCUT2D eigenvalue weighted by Gasteiger charge is 2.22. The smallest absolute Gasteiger partial charge is 0.229 e. The molecular weight excluding hydrogens is 378 g/mol. The molecule has 0 amide bonds. The van der Waals surface area contributed by atoms with Gasteiger partial charge in [0.15, 0.2) is 0 Å². The van der Waals surface area contributed by atoms with Gasteiger partial charge in [0, 0.05) is 24.1 Å². The molecule has 3 rings (SSSR count). The van der Waals surface area contributed by atoms with Crippen molar-refractivity contribution in [2.24, 2.45) is 11.7 Å². The summed E-state index contributed by atoms with van der Waals surface area (Å²) in [6.45, 7) is 6.75. The van der Waals surface area contributed by atoms with Crippen LogP contribution in [0, 0.1) is 5.92 Å². The topological polar surface area (TPSA) is 75.9 Å². The van der Waals surface area contributed by atoms with E-state index in [1.807, 2.05) is 24.3 Å². The summed E-state index contributed by atoms with van der Waals surface area (Å²) in [6.07, 6.45) is 6.37. The summed E-state index contributed by atoms with van der Waals surface area (Å²) in [6, 6.07) is 7.88. The zero-order chi connectivity index (χ0) is 17.8. The highest BCUT2D eigenvalue weighted by Crippen LogP contribution is 2.36. The van der Waals surface area contributed by atoms with Crippen molar-refractivity contribution in [3.63, 3.8) is 0 Å². The lowest BCUT2D eigenvalue weighted by atomic mass is 10.1. The fourth-order valence-electron chi connectivity index (χ4n) is 2.49. The lowest BCUT2D eigenvalue weighted by molar-refractivity contribution is 1.00. The van der Waals surface area contributed by atoms with Crippen LogP contribution in [0.5, 0.6) is 0 Å². The summed E-state index contributed by atoms with van der Waals surface area (Å²) < 4.78 is 0.787. The van der Waals surface area contributed by atoms with Crippen molar-refractivity contribution in [3.05, 3.63) is 64.4 Å². The highest BCUT2D eigenvalue weighted by molar-refractivity contribution is 9.10. The third-order valence-corrected chi connectivity index (χ3v) is 4.67. The quantitative estimate of drug-likeness (QED) is 0.587. The van der Waals surface area contributed by atoms with Crippen LogP contribution in [-0.2, 0) is 6.54 Å². The van der Waals surface area contributed by atoms with Gasteiger partial charge in [-0.3, -0.25) is 0 Å². The molecule has 25 heavy (non-hydrogen) atoms. The largest absolute Gasteiger partial charge is 0.340 e. The lowest BCUT2D eigenvalue weighted by Gasteiger charge is -2.11. The molecule has 5 nitrogen and oxygen atoms in total. The van der Waals surface area contributed by atoms with E-state index in [-0.39, 0.29) is 0 Å². The van der Waals surface area contributed by atoms with Gasteiger partial charge in [-0.15, -0.1) is 0 Å². The second kappa shape index (κ2) is 7.80. The number of nitrogens with one attached hydrogen (secondary N) is 2. The normalized spacial score (nSPS) is 14.3. The van der Waals surface area contributed by atoms with Crippen LogP contribution in [0.4, 0.5) is 17.5 Å². The molecule has 1 aliphatic carbocycles. The molecule has 1 heterocycles. The number of anilines is 3. The van der Waals surface area contributed by atoms with Crippen molar-refractivity contribution in [1.82, 2.24) is 9.97 Å². The Hall–Kier alpha value is -2.18. The molecule has 2 aromatic rings. The first kappa shape index (κ1) is 17.6. The van der Waals surface area contributed by atoms with Crippen molar-refractivity contribution >= 4 is 33.4 Å². The Morgan fingerprint density at radius 3 is 2.72 bits per heavy atom. The predicted molar refractivity (Wildman–Crippen MR) is 107 cm³/mol. The van der Waals surface area contributed by atoms with Crippen molar-refractivity contribution in [2.45, 2.75) is 26.3 Å². The summed E-state index contributed by atoms with van der Waals surface area (Å²) in [5, 5.41) is 6.44. The van der Waals surface area contributed by atoms with Crippen LogP contribution in [0.3, 0.4) is 0 Å². The van der Waals surface area contributed by atoms with E-state index in [0.29, 0.717) is 18.3 Å². The number of aromatic nitrogens is 2. The summed E-state index contributed by atoms with van der Waals surface area (Å²) in [5.74, 6) is 1.92. The minimum Gasteiger partial charge on any atom is -0.340 e. The van der Waals surface area contributed by atoms with E-state index in [2.05, 4.69) is 56.1 Å². The maximum Gasteiger partial charge on any atom is 0.229 e. The Morgan fingerprint density at radius 1 is 1.36 bits per heavy atom. The molecule has 1 aromatic carbocycles. The summed E-state index contributed by atoms with van der Waals surface area (Å²) in [5.41, 5.74) is 9.80. The van der Waals surface area contributed by atoms with Crippen LogP contribution < -0.4 is 16.4 Å². The summed E-state index contributed by atoms with van der Waals surface area (Å²) in [4.78, 5) is 8.83. The molecule has 0 radical (unpaired) electrons. The van der Waals surface area contributed by atoms with Gasteiger partial charge >= 0.3 is 0 Å². The number of nitrogens with zero attached hydrogens (tertiary/aromatic N) is 2. The molecule has 0 unspecified atom stereocenters. The van der Waals surface area contributed by atoms with Gasteiger partial charge in [-0.05, 0) is 65.4 Å². The Morgan fingerprint density at radius 2 is 2.08 bits per heavy atom. The van der Waals surface area contributed by atoms with Crippen molar-refractivity contribution < 1.29 is 0 Å². The van der Waals surface area contributed by atoms with E-state index in [1.165, 1.54) is 18.4 Å². The SMILES string of the molecule is C=C(/C=C(\C)C1CC1)Nc1nc(Nc2ccc(CN)cc2)ncc1Br. The molecular formula is C19H22BrN5. The second-order valence-corrected chi connectivity index (χ2v) is 7.08. The van der Waals surface area contributed by atoms with E-state index < -0.39 is 0 Å². The molecule has 1 saturated carbocycles. The van der Waals surface area contributed by atoms with Gasteiger partial charge in [0.2, 0.25) is 5.95 Å². The van der Waals surface area contributed by atoms with E-state index in [4.69, 9.17) is 5.73 Å². The summed E-state index contributed by atoms with van der Waals surface area (Å²) >= 11 is 3.48. The van der Waals surface area contributed by atoms with E-state index in [9.17, 15) is 0 Å². The Balaban J connectivity index is 1.70. The van der Waals surface area contributed by atoms with Crippen LogP contribution in [0.2, 0.25) is 0 Å². The third-order valence-electron chi connectivity index (χ3n) is 4.09. The van der Waals surface area contributed by atoms with Crippen molar-refractivity contribution in [1.29, 1.82) is 0 Å². The number of benzene rings is 1. The maximum absolute atomic E-state index is 5.62. The number of halogens is 1. The van der Waals surface area contributed by atoms with E-state index in [1.54, 1.807) is 6.20 Å². The molecule has 0 atom stereocenters. The van der Waals surface area contributed by atoms with Crippen LogP contribution in [0.1, 0.15) is 25.3 Å². The van der Waals surface area contributed by atoms with Gasteiger partial charge in [-0.2, -0.15) is 4.98 Å². The molecule has 130 valence electrons. The number of rotatable bonds is 7. The first-order valence-electron chi connectivity index (χ1n) is 8.28. The summed E-state index contributed by atoms with van der Waals surface area (Å²) in [7, 11) is 0. The highest BCUT2D eigenvalue weighted by atomic mass is 79.9. The number of hydrogen-bond donors (Lipinski definition) is 3. The van der Waals surface area contributed by atoms with Crippen LogP contribution in [0.15, 0.2) is 58.9 Å². The molecule has 0 saturated heterocycles. The molecule has 0 spiro atoms. The fourth-order valence-corrected chi connectivity index (χ4v) is 2.78. The number of allylic oxidation sites excluding steroid dienone is 2. The zero-order valence-corrected chi connectivity index (χ0v) is 15.8. The zero-order valence-electron chi connectivity index (χ0n) is 14.2. The van der Waals surface area contributed by atoms with Gasteiger partial charge < -0.3 is 16.4 Å². The van der Waals surface area contributed by atoms with Gasteiger partial charge in [-0.25, -0.2) is 4.98 Å². The monoisotopic (exact) mass is 399 g/mol. The first-order valence-corrected chi connectivity index (χ1v) is 9.07. The molecule has 6 heteroatoms. The maximum atomic E-state index is 5.62. The van der Waals surface area contributed by atoms with Crippen LogP contribution >= 0.6 is 15.9 Å². The van der Waals surface area contributed by atoms with Crippen molar-refractivity contribution in [3.8, 4) is 0 Å². The molecule has 1 aromatic heterocycles. The van der Waals surface area contributed by atoms with Crippen LogP contribution in [-0.4, -0.2) is 9.97 Å². The van der Waals surface area contributed by atoms with Crippen molar-refractivity contribution in [2.75, 3.05) is 10.6 Å². The third kappa shape index (κ3) is 4.90. The van der Waals surface area contributed by atoms with Crippen LogP contribution in [0.25, 0.3) is 0 Å². The lowest BCUT2D eigenvalue weighted by Crippen LogP contribution is -2.04. The first-order chi connectivity index (χ1) is 12.0. The standard InChI is InChI=1S/C19H22BrN5/c1-12(15-5-6-15)9-13(2)23-18-17(20)11-22-19(25-18)24-16-7-3-14(10-21)4-8-16/h3-4,7-9,11,15H,2,5-6,10,21H2,1H3,(H2,22,23,24,25)/b12-9+. The molecule has 0 bridgehead atoms. The minimum absolute atomic E-state index is 0.516. The number of hydrogen-bond acceptors (Lipinski definition) is 5.